The molecule has 0 aromatic rings. The molecule has 84 valence electrons. The van der Waals surface area contributed by atoms with Crippen LogP contribution in [-0.2, 0) is 0 Å². The van der Waals surface area contributed by atoms with Gasteiger partial charge < -0.3 is 5.32 Å². The van der Waals surface area contributed by atoms with Gasteiger partial charge >= 0.3 is 0 Å². The van der Waals surface area contributed by atoms with Crippen molar-refractivity contribution in [1.29, 1.82) is 0 Å². The van der Waals surface area contributed by atoms with Crippen LogP contribution in [0.15, 0.2) is 0 Å². The van der Waals surface area contributed by atoms with Crippen LogP contribution in [0.2, 0.25) is 0 Å². The van der Waals surface area contributed by atoms with Crippen molar-refractivity contribution < 1.29 is 0 Å². The molecule has 14 heavy (non-hydrogen) atoms. The summed E-state index contributed by atoms with van der Waals surface area (Å²) in [7, 11) is 0. The van der Waals surface area contributed by atoms with E-state index in [9.17, 15) is 0 Å². The molecule has 1 saturated heterocycles. The molecule has 1 aliphatic heterocycles. The Kier molecular flexibility index (Phi) is 4.00. The molecule has 1 heteroatoms. The fraction of sp³-hybridized carbons (Fsp3) is 1.00. The van der Waals surface area contributed by atoms with Gasteiger partial charge in [0.25, 0.3) is 0 Å². The number of piperidine rings is 1. The number of hydrogen-bond acceptors (Lipinski definition) is 1. The van der Waals surface area contributed by atoms with Crippen LogP contribution in [0, 0.1) is 10.8 Å². The molecule has 0 spiro atoms. The van der Waals surface area contributed by atoms with Crippen molar-refractivity contribution in [3.8, 4) is 0 Å². The van der Waals surface area contributed by atoms with E-state index in [0.29, 0.717) is 10.8 Å². The third-order valence-electron chi connectivity index (χ3n) is 4.75. The Bertz CT molecular complexity index is 163. The van der Waals surface area contributed by atoms with Crippen LogP contribution in [0.4, 0.5) is 0 Å². The number of hydrogen-bond donors (Lipinski definition) is 1. The SMILES string of the molecule is CCCC(C)(CC)C1(C)CCNCC1. The maximum atomic E-state index is 3.48. The Hall–Kier alpha value is -0.0400. The molecule has 0 aromatic carbocycles. The van der Waals surface area contributed by atoms with Gasteiger partial charge in [-0.15, -0.1) is 0 Å². The molecule has 1 rings (SSSR count). The molecule has 0 amide bonds. The lowest BCUT2D eigenvalue weighted by atomic mass is 9.58. The average Bonchev–Trinajstić information content (AvgIpc) is 2.19. The summed E-state index contributed by atoms with van der Waals surface area (Å²) in [6.45, 7) is 12.1. The predicted molar refractivity (Wildman–Crippen MR) is 63.5 cm³/mol. The van der Waals surface area contributed by atoms with Gasteiger partial charge in [-0.1, -0.05) is 40.5 Å². The summed E-state index contributed by atoms with van der Waals surface area (Å²) in [5.74, 6) is 0. The van der Waals surface area contributed by atoms with E-state index in [1.807, 2.05) is 0 Å². The van der Waals surface area contributed by atoms with E-state index < -0.39 is 0 Å². The minimum absolute atomic E-state index is 0.559. The van der Waals surface area contributed by atoms with Crippen LogP contribution in [0.1, 0.15) is 59.8 Å². The van der Waals surface area contributed by atoms with Crippen molar-refractivity contribution in [3.05, 3.63) is 0 Å². The fourth-order valence-electron chi connectivity index (χ4n) is 3.04. The van der Waals surface area contributed by atoms with Gasteiger partial charge in [-0.2, -0.15) is 0 Å². The summed E-state index contributed by atoms with van der Waals surface area (Å²) < 4.78 is 0. The largest absolute Gasteiger partial charge is 0.317 e. The van der Waals surface area contributed by atoms with E-state index in [1.54, 1.807) is 0 Å². The van der Waals surface area contributed by atoms with Crippen molar-refractivity contribution >= 4 is 0 Å². The molecule has 0 bridgehead atoms. The Morgan fingerprint density at radius 1 is 1.21 bits per heavy atom. The first kappa shape index (κ1) is 12.0. The maximum absolute atomic E-state index is 3.48. The van der Waals surface area contributed by atoms with Gasteiger partial charge in [-0.05, 0) is 43.2 Å². The Labute approximate surface area is 89.7 Å². The summed E-state index contributed by atoms with van der Waals surface area (Å²) in [5, 5.41) is 3.48. The van der Waals surface area contributed by atoms with Gasteiger partial charge in [0.1, 0.15) is 0 Å². The summed E-state index contributed by atoms with van der Waals surface area (Å²) in [6.07, 6.45) is 6.76. The number of rotatable bonds is 4. The molecule has 0 aliphatic carbocycles. The molecule has 1 fully saturated rings. The van der Waals surface area contributed by atoms with Crippen LogP contribution in [0.5, 0.6) is 0 Å². The highest BCUT2D eigenvalue weighted by Crippen LogP contribution is 2.50. The van der Waals surface area contributed by atoms with E-state index in [4.69, 9.17) is 0 Å². The molecule has 0 aromatic heterocycles. The zero-order valence-corrected chi connectivity index (χ0v) is 10.4. The van der Waals surface area contributed by atoms with E-state index in [1.165, 1.54) is 45.2 Å². The molecule has 1 atom stereocenters. The molecule has 1 nitrogen and oxygen atoms in total. The predicted octanol–water partition coefficient (Wildman–Crippen LogP) is 3.59. The number of nitrogens with one attached hydrogen (secondary N) is 1. The molecule has 1 heterocycles. The van der Waals surface area contributed by atoms with Crippen molar-refractivity contribution in [3.63, 3.8) is 0 Å². The quantitative estimate of drug-likeness (QED) is 0.726. The summed E-state index contributed by atoms with van der Waals surface area (Å²) >= 11 is 0. The van der Waals surface area contributed by atoms with Gasteiger partial charge in [-0.25, -0.2) is 0 Å². The van der Waals surface area contributed by atoms with Crippen molar-refractivity contribution in [1.82, 2.24) is 5.32 Å². The lowest BCUT2D eigenvalue weighted by molar-refractivity contribution is 0.0222. The van der Waals surface area contributed by atoms with Gasteiger partial charge in [0, 0.05) is 0 Å². The molecular weight excluding hydrogens is 170 g/mol. The fourth-order valence-corrected chi connectivity index (χ4v) is 3.04. The monoisotopic (exact) mass is 197 g/mol. The first-order valence-electron chi connectivity index (χ1n) is 6.29. The summed E-state index contributed by atoms with van der Waals surface area (Å²) in [5.41, 5.74) is 1.13. The highest BCUT2D eigenvalue weighted by Gasteiger charge is 2.42. The highest BCUT2D eigenvalue weighted by atomic mass is 14.9. The average molecular weight is 197 g/mol. The standard InChI is InChI=1S/C13H27N/c1-5-7-12(3,6-2)13(4)8-10-14-11-9-13/h14H,5-11H2,1-4H3. The molecule has 1 unspecified atom stereocenters. The first-order chi connectivity index (χ1) is 6.58. The maximum Gasteiger partial charge on any atom is -0.00435 e. The minimum Gasteiger partial charge on any atom is -0.317 e. The topological polar surface area (TPSA) is 12.0 Å². The third kappa shape index (κ3) is 2.13. The minimum atomic E-state index is 0.559. The Morgan fingerprint density at radius 2 is 1.79 bits per heavy atom. The Morgan fingerprint density at radius 3 is 2.21 bits per heavy atom. The van der Waals surface area contributed by atoms with E-state index >= 15 is 0 Å². The zero-order valence-electron chi connectivity index (χ0n) is 10.4. The second-order valence-electron chi connectivity index (χ2n) is 5.47. The normalized spacial score (nSPS) is 25.7. The lowest BCUT2D eigenvalue weighted by Crippen LogP contribution is -2.45. The molecule has 0 saturated carbocycles. The van der Waals surface area contributed by atoms with E-state index in [0.717, 1.165) is 0 Å². The molecule has 0 radical (unpaired) electrons. The summed E-state index contributed by atoms with van der Waals surface area (Å²) in [6, 6.07) is 0. The smallest absolute Gasteiger partial charge is 0.00435 e. The van der Waals surface area contributed by atoms with Crippen LogP contribution in [0.25, 0.3) is 0 Å². The highest BCUT2D eigenvalue weighted by molar-refractivity contribution is 4.94. The van der Waals surface area contributed by atoms with Crippen LogP contribution < -0.4 is 5.32 Å². The first-order valence-corrected chi connectivity index (χ1v) is 6.29. The van der Waals surface area contributed by atoms with Crippen LogP contribution in [-0.4, -0.2) is 13.1 Å². The van der Waals surface area contributed by atoms with Crippen LogP contribution >= 0.6 is 0 Å². The van der Waals surface area contributed by atoms with Crippen LogP contribution in [0.3, 0.4) is 0 Å². The third-order valence-corrected chi connectivity index (χ3v) is 4.75. The second-order valence-corrected chi connectivity index (χ2v) is 5.47. The van der Waals surface area contributed by atoms with Crippen molar-refractivity contribution in [2.24, 2.45) is 10.8 Å². The summed E-state index contributed by atoms with van der Waals surface area (Å²) in [4.78, 5) is 0. The van der Waals surface area contributed by atoms with Crippen molar-refractivity contribution in [2.45, 2.75) is 59.8 Å². The molecular formula is C13H27N. The molecule has 1 aliphatic rings. The Balaban J connectivity index is 2.73. The van der Waals surface area contributed by atoms with Gasteiger partial charge in [-0.3, -0.25) is 0 Å². The van der Waals surface area contributed by atoms with Crippen molar-refractivity contribution in [2.75, 3.05) is 13.1 Å². The van der Waals surface area contributed by atoms with Gasteiger partial charge in [0.15, 0.2) is 0 Å². The van der Waals surface area contributed by atoms with Gasteiger partial charge in [0.2, 0.25) is 0 Å². The van der Waals surface area contributed by atoms with E-state index in [2.05, 4.69) is 33.0 Å². The van der Waals surface area contributed by atoms with E-state index in [-0.39, 0.29) is 0 Å². The van der Waals surface area contributed by atoms with Gasteiger partial charge in [0.05, 0.1) is 0 Å². The second kappa shape index (κ2) is 4.65. The molecule has 1 N–H and O–H groups in total. The zero-order chi connectivity index (χ0) is 10.7. The lowest BCUT2D eigenvalue weighted by Gasteiger charge is -2.49.